The topological polar surface area (TPSA) is 29.1 Å². The van der Waals surface area contributed by atoms with Crippen molar-refractivity contribution >= 4 is 23.4 Å². The number of alkyl halides is 3. The van der Waals surface area contributed by atoms with E-state index in [9.17, 15) is 18.0 Å². The highest BCUT2D eigenvalue weighted by Gasteiger charge is 2.31. The van der Waals surface area contributed by atoms with E-state index in [4.69, 9.17) is 0 Å². The fourth-order valence-electron chi connectivity index (χ4n) is 1.52. The van der Waals surface area contributed by atoms with Crippen molar-refractivity contribution in [2.45, 2.75) is 30.3 Å². The van der Waals surface area contributed by atoms with Crippen molar-refractivity contribution in [3.8, 4) is 0 Å². The quantitative estimate of drug-likeness (QED) is 0.828. The Morgan fingerprint density at radius 2 is 1.89 bits per heavy atom. The lowest BCUT2D eigenvalue weighted by Crippen LogP contribution is -2.21. The van der Waals surface area contributed by atoms with Gasteiger partial charge in [0.2, 0.25) is 5.91 Å². The number of carbonyl (C=O) groups is 1. The number of hydrogen-bond acceptors (Lipinski definition) is 2. The van der Waals surface area contributed by atoms with E-state index in [-0.39, 0.29) is 0 Å². The van der Waals surface area contributed by atoms with E-state index in [1.54, 1.807) is 23.9 Å². The van der Waals surface area contributed by atoms with Crippen LogP contribution < -0.4 is 5.32 Å². The number of thioether (sulfide) groups is 1. The molecule has 0 spiro atoms. The number of rotatable bonds is 5. The van der Waals surface area contributed by atoms with E-state index in [1.165, 1.54) is 12.8 Å². The second-order valence-electron chi connectivity index (χ2n) is 4.62. The van der Waals surface area contributed by atoms with Crippen LogP contribution in [0.1, 0.15) is 19.3 Å². The van der Waals surface area contributed by atoms with Gasteiger partial charge in [0.25, 0.3) is 0 Å². The molecule has 0 aliphatic heterocycles. The van der Waals surface area contributed by atoms with Gasteiger partial charge in [0.05, 0.1) is 0 Å². The number of benzene rings is 1. The molecule has 0 atom stereocenters. The number of anilines is 1. The minimum atomic E-state index is -4.47. The number of hydrogen-bond donors (Lipinski definition) is 1. The highest BCUT2D eigenvalue weighted by atomic mass is 32.2. The molecule has 1 N–H and O–H groups in total. The summed E-state index contributed by atoms with van der Waals surface area (Å²) in [5, 5.41) is 2.23. The highest BCUT2D eigenvalue weighted by Crippen LogP contribution is 2.35. The second kappa shape index (κ2) is 5.86. The molecule has 2 nitrogen and oxygen atoms in total. The first-order valence-electron chi connectivity index (χ1n) is 6.02. The van der Waals surface area contributed by atoms with Crippen LogP contribution in [0, 0.1) is 5.92 Å². The first-order valence-corrected chi connectivity index (χ1v) is 7.00. The number of carbonyl (C=O) groups excluding carboxylic acids is 1. The van der Waals surface area contributed by atoms with E-state index >= 15 is 0 Å². The summed E-state index contributed by atoms with van der Waals surface area (Å²) in [4.78, 5) is 12.2. The molecule has 0 radical (unpaired) electrons. The van der Waals surface area contributed by atoms with Crippen molar-refractivity contribution in [3.05, 3.63) is 24.3 Å². The molecule has 0 heterocycles. The first-order chi connectivity index (χ1) is 8.92. The van der Waals surface area contributed by atoms with Crippen LogP contribution in [0.5, 0.6) is 0 Å². The van der Waals surface area contributed by atoms with Crippen LogP contribution in [0.4, 0.5) is 18.9 Å². The number of halogens is 3. The lowest BCUT2D eigenvalue weighted by molar-refractivity contribution is -0.150. The molecule has 1 fully saturated rings. The predicted molar refractivity (Wildman–Crippen MR) is 69.2 cm³/mol. The molecule has 104 valence electrons. The second-order valence-corrected chi connectivity index (χ2v) is 5.71. The molecule has 19 heavy (non-hydrogen) atoms. The normalized spacial score (nSPS) is 15.3. The van der Waals surface area contributed by atoms with E-state index in [2.05, 4.69) is 5.32 Å². The van der Waals surface area contributed by atoms with Gasteiger partial charge in [-0.05, 0) is 43.0 Å². The molecule has 6 heteroatoms. The Morgan fingerprint density at radius 1 is 1.26 bits per heavy atom. The van der Waals surface area contributed by atoms with Gasteiger partial charge in [0, 0.05) is 16.3 Å². The molecular weight excluding hydrogens is 275 g/mol. The molecule has 1 aromatic rings. The summed E-state index contributed by atoms with van der Waals surface area (Å²) in [6.45, 7) is 0. The van der Waals surface area contributed by atoms with Gasteiger partial charge < -0.3 is 5.32 Å². The van der Waals surface area contributed by atoms with Crippen LogP contribution in [-0.4, -0.2) is 17.8 Å². The van der Waals surface area contributed by atoms with E-state index in [0.29, 0.717) is 5.69 Å². The summed E-state index contributed by atoms with van der Waals surface area (Å²) in [5.41, 5.74) is 0.394. The molecule has 0 unspecified atom stereocenters. The Labute approximate surface area is 113 Å². The van der Waals surface area contributed by atoms with Crippen LogP contribution in [0.25, 0.3) is 0 Å². The minimum absolute atomic E-state index is 0.394. The third-order valence-electron chi connectivity index (χ3n) is 2.68. The SMILES string of the molecule is O=C(CC(F)(F)F)Nc1ccc(SCC2CC2)cc1. The molecule has 1 aliphatic rings. The summed E-state index contributed by atoms with van der Waals surface area (Å²) >= 11 is 1.74. The minimum Gasteiger partial charge on any atom is -0.326 e. The molecule has 1 saturated carbocycles. The first kappa shape index (κ1) is 14.2. The van der Waals surface area contributed by atoms with E-state index in [0.717, 1.165) is 16.6 Å². The molecule has 0 aromatic heterocycles. The average Bonchev–Trinajstić information content (AvgIpc) is 3.09. The monoisotopic (exact) mass is 289 g/mol. The lowest BCUT2D eigenvalue weighted by atomic mass is 10.3. The Bertz CT molecular complexity index is 440. The summed E-state index contributed by atoms with van der Waals surface area (Å²) in [5.74, 6) is 0.863. The fourth-order valence-corrected chi connectivity index (χ4v) is 2.61. The zero-order chi connectivity index (χ0) is 13.9. The van der Waals surface area contributed by atoms with Gasteiger partial charge in [-0.1, -0.05) is 0 Å². The lowest BCUT2D eigenvalue weighted by Gasteiger charge is -2.08. The third-order valence-corrected chi connectivity index (χ3v) is 3.93. The number of nitrogens with one attached hydrogen (secondary N) is 1. The van der Waals surface area contributed by atoms with Crippen molar-refractivity contribution in [1.82, 2.24) is 0 Å². The summed E-state index contributed by atoms with van der Waals surface area (Å²) in [7, 11) is 0. The van der Waals surface area contributed by atoms with Gasteiger partial charge in [-0.15, -0.1) is 11.8 Å². The summed E-state index contributed by atoms with van der Waals surface area (Å²) < 4.78 is 36.0. The zero-order valence-corrected chi connectivity index (χ0v) is 11.0. The third kappa shape index (κ3) is 5.55. The predicted octanol–water partition coefficient (Wildman–Crippen LogP) is 4.08. The van der Waals surface area contributed by atoms with Gasteiger partial charge in [-0.25, -0.2) is 0 Å². The van der Waals surface area contributed by atoms with Crippen molar-refractivity contribution in [2.75, 3.05) is 11.1 Å². The van der Waals surface area contributed by atoms with Gasteiger partial charge >= 0.3 is 6.18 Å². The van der Waals surface area contributed by atoms with Crippen LogP contribution in [0.2, 0.25) is 0 Å². The Morgan fingerprint density at radius 3 is 2.42 bits per heavy atom. The van der Waals surface area contributed by atoms with Crippen LogP contribution in [-0.2, 0) is 4.79 Å². The van der Waals surface area contributed by atoms with Gasteiger partial charge in [-0.2, -0.15) is 13.2 Å². The Balaban J connectivity index is 1.81. The van der Waals surface area contributed by atoms with Gasteiger partial charge in [0.1, 0.15) is 6.42 Å². The maximum absolute atomic E-state index is 12.0. The standard InChI is InChI=1S/C13H14F3NOS/c14-13(15,16)7-12(18)17-10-3-5-11(6-4-10)19-8-9-1-2-9/h3-6,9H,1-2,7-8H2,(H,17,18). The van der Waals surface area contributed by atoms with Gasteiger partial charge in [-0.3, -0.25) is 4.79 Å². The largest absolute Gasteiger partial charge is 0.397 e. The highest BCUT2D eigenvalue weighted by molar-refractivity contribution is 7.99. The molecule has 1 aliphatic carbocycles. The molecule has 1 aromatic carbocycles. The van der Waals surface area contributed by atoms with Crippen LogP contribution in [0.3, 0.4) is 0 Å². The van der Waals surface area contributed by atoms with Crippen molar-refractivity contribution < 1.29 is 18.0 Å². The molecule has 0 saturated heterocycles. The van der Waals surface area contributed by atoms with Crippen LogP contribution >= 0.6 is 11.8 Å². The Kier molecular flexibility index (Phi) is 4.39. The molecule has 1 amide bonds. The smallest absolute Gasteiger partial charge is 0.326 e. The zero-order valence-electron chi connectivity index (χ0n) is 10.2. The maximum Gasteiger partial charge on any atom is 0.397 e. The average molecular weight is 289 g/mol. The van der Waals surface area contributed by atoms with E-state index in [1.807, 2.05) is 12.1 Å². The van der Waals surface area contributed by atoms with Gasteiger partial charge in [0.15, 0.2) is 0 Å². The van der Waals surface area contributed by atoms with Crippen molar-refractivity contribution in [2.24, 2.45) is 5.92 Å². The maximum atomic E-state index is 12.0. The van der Waals surface area contributed by atoms with Crippen LogP contribution in [0.15, 0.2) is 29.2 Å². The van der Waals surface area contributed by atoms with Crippen molar-refractivity contribution in [3.63, 3.8) is 0 Å². The molecule has 2 rings (SSSR count). The van der Waals surface area contributed by atoms with Crippen molar-refractivity contribution in [1.29, 1.82) is 0 Å². The summed E-state index contributed by atoms with van der Waals surface area (Å²) in [6.07, 6.45) is -3.34. The summed E-state index contributed by atoms with van der Waals surface area (Å²) in [6, 6.07) is 6.89. The molecule has 0 bridgehead atoms. The number of amides is 1. The fraction of sp³-hybridized carbons (Fsp3) is 0.462. The molecular formula is C13H14F3NOS. The Hall–Kier alpha value is -1.17. The van der Waals surface area contributed by atoms with E-state index < -0.39 is 18.5 Å².